The highest BCUT2D eigenvalue weighted by Crippen LogP contribution is 2.22. The van der Waals surface area contributed by atoms with Crippen LogP contribution in [0, 0.1) is 6.92 Å². The van der Waals surface area contributed by atoms with Crippen LogP contribution in [0.2, 0.25) is 0 Å². The van der Waals surface area contributed by atoms with E-state index < -0.39 is 0 Å². The lowest BCUT2D eigenvalue weighted by Crippen LogP contribution is -2.03. The highest BCUT2D eigenvalue weighted by atomic mass is 16.5. The summed E-state index contributed by atoms with van der Waals surface area (Å²) in [5.41, 5.74) is 2.88. The number of hydrogen-bond acceptors (Lipinski definition) is 5. The van der Waals surface area contributed by atoms with Crippen molar-refractivity contribution in [2.75, 3.05) is 11.9 Å². The Balaban J connectivity index is 1.65. The van der Waals surface area contributed by atoms with Crippen molar-refractivity contribution in [3.63, 3.8) is 0 Å². The summed E-state index contributed by atoms with van der Waals surface area (Å²) in [6.07, 6.45) is 3.44. The van der Waals surface area contributed by atoms with Gasteiger partial charge >= 0.3 is 0 Å². The van der Waals surface area contributed by atoms with Crippen molar-refractivity contribution in [3.8, 4) is 11.6 Å². The van der Waals surface area contributed by atoms with E-state index in [1.54, 1.807) is 12.4 Å². The van der Waals surface area contributed by atoms with Crippen LogP contribution in [-0.2, 0) is 0 Å². The van der Waals surface area contributed by atoms with Gasteiger partial charge in [0, 0.05) is 5.69 Å². The van der Waals surface area contributed by atoms with Crippen molar-refractivity contribution < 1.29 is 4.74 Å². The molecule has 6 nitrogen and oxygen atoms in total. The maximum atomic E-state index is 5.47. The zero-order valence-corrected chi connectivity index (χ0v) is 14.7. The Bertz CT molecular complexity index is 1040. The van der Waals surface area contributed by atoms with Gasteiger partial charge in [-0.15, -0.1) is 0 Å². The molecule has 6 heteroatoms. The summed E-state index contributed by atoms with van der Waals surface area (Å²) in [6, 6.07) is 15.8. The predicted octanol–water partition coefficient (Wildman–Crippen LogP) is 4.27. The number of nitrogens with zero attached hydrogens (tertiary/aromatic N) is 4. The monoisotopic (exact) mass is 345 g/mol. The van der Waals surface area contributed by atoms with E-state index >= 15 is 0 Å². The Hall–Kier alpha value is -3.41. The molecule has 0 atom stereocenters. The first-order chi connectivity index (χ1) is 12.7. The highest BCUT2D eigenvalue weighted by Gasteiger charge is 2.10. The standard InChI is InChI=1S/C20H19N5O/c1-3-26-16-10-8-15(9-11-16)23-19-12-21-13-20(24-19)25-14(2)22-17-6-4-5-7-18(17)25/h4-13H,3H2,1-2H3,(H,23,24). The summed E-state index contributed by atoms with van der Waals surface area (Å²) in [6.45, 7) is 4.59. The van der Waals surface area contributed by atoms with Crippen molar-refractivity contribution >= 4 is 22.5 Å². The Morgan fingerprint density at radius 3 is 2.62 bits per heavy atom. The lowest BCUT2D eigenvalue weighted by Gasteiger charge is -2.10. The normalized spacial score (nSPS) is 10.8. The minimum atomic E-state index is 0.651. The summed E-state index contributed by atoms with van der Waals surface area (Å²) in [5, 5.41) is 3.28. The quantitative estimate of drug-likeness (QED) is 0.585. The van der Waals surface area contributed by atoms with Gasteiger partial charge in [0.15, 0.2) is 11.6 Å². The van der Waals surface area contributed by atoms with Gasteiger partial charge in [-0.25, -0.2) is 9.97 Å². The summed E-state index contributed by atoms with van der Waals surface area (Å²) < 4.78 is 7.47. The van der Waals surface area contributed by atoms with Gasteiger partial charge in [0.25, 0.3) is 0 Å². The number of rotatable bonds is 5. The number of nitrogens with one attached hydrogen (secondary N) is 1. The fourth-order valence-electron chi connectivity index (χ4n) is 2.91. The van der Waals surface area contributed by atoms with Crippen LogP contribution in [-0.4, -0.2) is 26.1 Å². The van der Waals surface area contributed by atoms with E-state index in [1.807, 2.05) is 66.9 Å². The largest absolute Gasteiger partial charge is 0.494 e. The third-order valence-corrected chi connectivity index (χ3v) is 4.02. The molecule has 0 saturated carbocycles. The number of para-hydroxylation sites is 2. The van der Waals surface area contributed by atoms with Crippen molar-refractivity contribution in [1.29, 1.82) is 0 Å². The van der Waals surface area contributed by atoms with Gasteiger partial charge in [0.05, 0.1) is 30.0 Å². The van der Waals surface area contributed by atoms with E-state index in [0.717, 1.165) is 34.1 Å². The number of imidazole rings is 1. The summed E-state index contributed by atoms with van der Waals surface area (Å²) in [5.74, 6) is 3.12. The fourth-order valence-corrected chi connectivity index (χ4v) is 2.91. The van der Waals surface area contributed by atoms with E-state index in [1.165, 1.54) is 0 Å². The van der Waals surface area contributed by atoms with Gasteiger partial charge in [0.1, 0.15) is 11.6 Å². The third kappa shape index (κ3) is 3.09. The van der Waals surface area contributed by atoms with Crippen molar-refractivity contribution in [2.45, 2.75) is 13.8 Å². The molecule has 0 fully saturated rings. The molecule has 0 amide bonds. The van der Waals surface area contributed by atoms with Crippen molar-refractivity contribution in [2.24, 2.45) is 0 Å². The molecule has 0 bridgehead atoms. The minimum absolute atomic E-state index is 0.651. The average molecular weight is 345 g/mol. The van der Waals surface area contributed by atoms with Gasteiger partial charge in [-0.2, -0.15) is 0 Å². The third-order valence-electron chi connectivity index (χ3n) is 4.02. The van der Waals surface area contributed by atoms with Crippen LogP contribution in [0.5, 0.6) is 5.75 Å². The number of ether oxygens (including phenoxy) is 1. The smallest absolute Gasteiger partial charge is 0.159 e. The van der Waals surface area contributed by atoms with Gasteiger partial charge < -0.3 is 10.1 Å². The molecule has 0 radical (unpaired) electrons. The first-order valence-electron chi connectivity index (χ1n) is 8.51. The maximum absolute atomic E-state index is 5.47. The van der Waals surface area contributed by atoms with E-state index in [9.17, 15) is 0 Å². The van der Waals surface area contributed by atoms with Gasteiger partial charge in [-0.1, -0.05) is 12.1 Å². The fraction of sp³-hybridized carbons (Fsp3) is 0.150. The second kappa shape index (κ2) is 6.84. The Morgan fingerprint density at radius 2 is 1.81 bits per heavy atom. The Morgan fingerprint density at radius 1 is 1.00 bits per heavy atom. The number of aryl methyl sites for hydroxylation is 1. The second-order valence-corrected chi connectivity index (χ2v) is 5.83. The molecule has 4 aromatic rings. The van der Waals surface area contributed by atoms with Crippen molar-refractivity contribution in [3.05, 3.63) is 66.7 Å². The molecule has 0 saturated heterocycles. The zero-order valence-electron chi connectivity index (χ0n) is 14.7. The average Bonchev–Trinajstić information content (AvgIpc) is 2.99. The van der Waals surface area contributed by atoms with E-state index in [0.29, 0.717) is 12.4 Å². The van der Waals surface area contributed by atoms with E-state index in [4.69, 9.17) is 9.72 Å². The highest BCUT2D eigenvalue weighted by molar-refractivity contribution is 5.77. The molecule has 1 N–H and O–H groups in total. The topological polar surface area (TPSA) is 64.9 Å². The van der Waals surface area contributed by atoms with Crippen LogP contribution in [0.15, 0.2) is 60.9 Å². The number of aromatic nitrogens is 4. The Labute approximate surface area is 151 Å². The zero-order chi connectivity index (χ0) is 17.9. The molecule has 26 heavy (non-hydrogen) atoms. The maximum Gasteiger partial charge on any atom is 0.159 e. The lowest BCUT2D eigenvalue weighted by molar-refractivity contribution is 0.340. The van der Waals surface area contributed by atoms with Crippen LogP contribution in [0.25, 0.3) is 16.9 Å². The second-order valence-electron chi connectivity index (χ2n) is 5.83. The molecule has 0 spiro atoms. The van der Waals surface area contributed by atoms with E-state index in [-0.39, 0.29) is 0 Å². The molecule has 2 heterocycles. The number of hydrogen-bond donors (Lipinski definition) is 1. The molecule has 0 aliphatic heterocycles. The Kier molecular flexibility index (Phi) is 4.23. The van der Waals surface area contributed by atoms with Gasteiger partial charge in [-0.05, 0) is 50.2 Å². The number of fused-ring (bicyclic) bond motifs is 1. The molecule has 2 aromatic carbocycles. The molecular weight excluding hydrogens is 326 g/mol. The molecule has 4 rings (SSSR count). The first kappa shape index (κ1) is 16.1. The summed E-state index contributed by atoms with van der Waals surface area (Å²) in [7, 11) is 0. The number of anilines is 2. The SMILES string of the molecule is CCOc1ccc(Nc2cncc(-n3c(C)nc4ccccc43)n2)cc1. The summed E-state index contributed by atoms with van der Waals surface area (Å²) in [4.78, 5) is 13.6. The van der Waals surface area contributed by atoms with Crippen LogP contribution in [0.4, 0.5) is 11.5 Å². The van der Waals surface area contributed by atoms with Crippen LogP contribution in [0.3, 0.4) is 0 Å². The summed E-state index contributed by atoms with van der Waals surface area (Å²) >= 11 is 0. The molecule has 0 aliphatic carbocycles. The molecular formula is C20H19N5O. The number of benzene rings is 2. The minimum Gasteiger partial charge on any atom is -0.494 e. The van der Waals surface area contributed by atoms with Crippen LogP contribution in [0.1, 0.15) is 12.7 Å². The van der Waals surface area contributed by atoms with Gasteiger partial charge in [0.2, 0.25) is 0 Å². The lowest BCUT2D eigenvalue weighted by atomic mass is 10.3. The van der Waals surface area contributed by atoms with Crippen LogP contribution >= 0.6 is 0 Å². The predicted molar refractivity (Wildman–Crippen MR) is 102 cm³/mol. The molecule has 130 valence electrons. The molecule has 0 unspecified atom stereocenters. The van der Waals surface area contributed by atoms with E-state index in [2.05, 4.69) is 15.3 Å². The van der Waals surface area contributed by atoms with Gasteiger partial charge in [-0.3, -0.25) is 9.55 Å². The van der Waals surface area contributed by atoms with Crippen LogP contribution < -0.4 is 10.1 Å². The van der Waals surface area contributed by atoms with Crippen molar-refractivity contribution in [1.82, 2.24) is 19.5 Å². The first-order valence-corrected chi connectivity index (χ1v) is 8.51. The molecule has 2 aromatic heterocycles. The molecule has 0 aliphatic rings.